The van der Waals surface area contributed by atoms with Crippen LogP contribution >= 0.6 is 0 Å². The van der Waals surface area contributed by atoms with Crippen LogP contribution in [-0.2, 0) is 33.6 Å². The Labute approximate surface area is 310 Å². The van der Waals surface area contributed by atoms with Crippen molar-refractivity contribution in [1.82, 2.24) is 31.6 Å². The zero-order valence-corrected chi connectivity index (χ0v) is 30.3. The molecule has 13 nitrogen and oxygen atoms in total. The van der Waals surface area contributed by atoms with Gasteiger partial charge in [-0.1, -0.05) is 52.9 Å². The molecule has 6 amide bonds. The van der Waals surface area contributed by atoms with Crippen LogP contribution in [0.3, 0.4) is 0 Å². The van der Waals surface area contributed by atoms with Crippen LogP contribution in [0.25, 0.3) is 0 Å². The molecule has 6 N–H and O–H groups in total. The molecular weight excluding hydrogens is 620 g/mol. The minimum absolute atomic E-state index is 0. The smallest absolute Gasteiger partial charge is 0.433 e. The van der Waals surface area contributed by atoms with Crippen LogP contribution in [0.15, 0.2) is 0 Å². The Morgan fingerprint density at radius 2 is 1.16 bits per heavy atom. The summed E-state index contributed by atoms with van der Waals surface area (Å²) in [7, 11) is 14.0. The van der Waals surface area contributed by atoms with Gasteiger partial charge in [0, 0.05) is 38.3 Å². The maximum Gasteiger partial charge on any atom is 1.00 e. The Bertz CT molecular complexity index is 920. The molecule has 0 aliphatic rings. The van der Waals surface area contributed by atoms with E-state index in [9.17, 15) is 33.6 Å². The summed E-state index contributed by atoms with van der Waals surface area (Å²) in [6, 6.07) is -0.542. The molecule has 0 unspecified atom stereocenters. The number of Topliss-reactive ketones (excluding diaryl/α,β-unsaturated/α-hetero) is 1. The first-order valence-corrected chi connectivity index (χ1v) is 16.6. The van der Waals surface area contributed by atoms with Crippen molar-refractivity contribution < 1.29 is 52.4 Å². The summed E-state index contributed by atoms with van der Waals surface area (Å²) in [5.74, 6) is -1.31. The molecule has 0 saturated heterocycles. The predicted molar refractivity (Wildman–Crippen MR) is 189 cm³/mol. The molecule has 49 heavy (non-hydrogen) atoms. The van der Waals surface area contributed by atoms with Crippen LogP contribution < -0.4 is 50.5 Å². The van der Waals surface area contributed by atoms with Gasteiger partial charge in [0.15, 0.2) is 0 Å². The van der Waals surface area contributed by atoms with E-state index in [-0.39, 0.29) is 54.2 Å². The van der Waals surface area contributed by atoms with E-state index < -0.39 is 17.9 Å². The molecule has 6 radical (unpaired) electrons. The van der Waals surface area contributed by atoms with E-state index in [1.165, 1.54) is 6.42 Å². The normalized spacial score (nSPS) is 10.2. The second-order valence-corrected chi connectivity index (χ2v) is 11.2. The topological polar surface area (TPSA) is 192 Å². The third-order valence-corrected chi connectivity index (χ3v) is 6.60. The first-order valence-electron chi connectivity index (χ1n) is 16.6. The zero-order valence-electron chi connectivity index (χ0n) is 30.3. The third kappa shape index (κ3) is 41.0. The molecule has 0 aromatic carbocycles. The number of hydrogen-bond acceptors (Lipinski definition) is 7. The van der Waals surface area contributed by atoms with Crippen molar-refractivity contribution in [2.24, 2.45) is 5.92 Å². The molecule has 0 bridgehead atoms. The van der Waals surface area contributed by atoms with Gasteiger partial charge in [0.2, 0.25) is 41.7 Å². The second-order valence-electron chi connectivity index (χ2n) is 11.2. The summed E-state index contributed by atoms with van der Waals surface area (Å²) in [5.41, 5.74) is 0. The quantitative estimate of drug-likeness (QED) is 0.0397. The fraction of sp³-hybridized carbons (Fsp3) is 0.688. The predicted octanol–water partition coefficient (Wildman–Crippen LogP) is -1.75. The third-order valence-electron chi connectivity index (χ3n) is 6.60. The van der Waals surface area contributed by atoms with Gasteiger partial charge in [-0.3, -0.25) is 19.2 Å². The summed E-state index contributed by atoms with van der Waals surface area (Å²) in [6.45, 7) is 12.7. The number of ketones is 1. The summed E-state index contributed by atoms with van der Waals surface area (Å²) >= 11 is 0. The average Bonchev–Trinajstić information content (AvgIpc) is 3.05. The molecule has 1 atom stereocenters. The number of unbranched alkanes of at least 4 members (excludes halogenated alkanes) is 7. The largest absolute Gasteiger partial charge is 1.00 e. The molecule has 0 saturated carbocycles. The molecule has 0 aromatic rings. The number of carbonyl (C=O) groups is 7. The average molecular weight is 676 g/mol. The van der Waals surface area contributed by atoms with Gasteiger partial charge in [-0.15, -0.1) is 0 Å². The van der Waals surface area contributed by atoms with Crippen molar-refractivity contribution in [3.8, 4) is 0 Å². The number of carbonyl (C=O) groups excluding carboxylic acids is 7. The molecular formula is C32H56B3LiN6O7-2. The molecule has 268 valence electrons. The number of nitrogens with one attached hydrogen (secondary N) is 6. The Balaban J connectivity index is -0.000000798. The van der Waals surface area contributed by atoms with E-state index >= 15 is 0 Å². The summed E-state index contributed by atoms with van der Waals surface area (Å²) in [5, 5.41) is 14.3. The Morgan fingerprint density at radius 3 is 1.69 bits per heavy atom. The van der Waals surface area contributed by atoms with Crippen molar-refractivity contribution in [2.45, 2.75) is 123 Å². The molecule has 0 aromatic heterocycles. The van der Waals surface area contributed by atoms with Crippen LogP contribution in [0.4, 0.5) is 0 Å². The number of hydrogen-bond donors (Lipinski definition) is 6. The van der Waals surface area contributed by atoms with Crippen molar-refractivity contribution in [2.75, 3.05) is 13.1 Å². The second kappa shape index (κ2) is 37.7. The molecule has 17 heteroatoms. The van der Waals surface area contributed by atoms with E-state index in [4.69, 9.17) is 7.98 Å². The molecule has 0 aliphatic carbocycles. The Morgan fingerprint density at radius 1 is 0.653 bits per heavy atom. The van der Waals surface area contributed by atoms with E-state index in [1.807, 2.05) is 19.1 Å². The van der Waals surface area contributed by atoms with Gasteiger partial charge >= 0.3 is 18.9 Å². The van der Waals surface area contributed by atoms with Gasteiger partial charge in [0.25, 0.3) is 0 Å². The molecule has 0 heterocycles. The minimum Gasteiger partial charge on any atom is -0.433 e. The summed E-state index contributed by atoms with van der Waals surface area (Å²) < 4.78 is 0. The fourth-order valence-electron chi connectivity index (χ4n) is 3.81. The fourth-order valence-corrected chi connectivity index (χ4v) is 3.81. The standard InChI is InChI=1S/C28H50BN4O5.2C2H3BNO.Li/c1-4-5-8-15-23(32-26(36)18-12-11-16-24(34)22(2)3)28(38)31-21-14-6-9-17-25(35)30-20-13-7-10-19-27(37)33-29;2*1-2(5)4-3;/h19,22-23H,4-18,20-21H2,1-3H3,(H,30,35)(H,31,38)(H,32,36)(H,33,37);2*1H2,(H,4,5);/q3*-1;+1/t23-;;;/m0.../s1. The van der Waals surface area contributed by atoms with Gasteiger partial charge < -0.3 is 66.3 Å². The number of rotatable bonds is 24. The first-order chi connectivity index (χ1) is 22.7. The van der Waals surface area contributed by atoms with Crippen LogP contribution in [0, 0.1) is 26.2 Å². The van der Waals surface area contributed by atoms with E-state index in [2.05, 4.69) is 52.7 Å². The van der Waals surface area contributed by atoms with Crippen molar-refractivity contribution in [1.29, 1.82) is 0 Å². The summed E-state index contributed by atoms with van der Waals surface area (Å²) in [4.78, 5) is 78.6. The molecule has 0 spiro atoms. The zero-order chi connectivity index (χ0) is 37.2. The van der Waals surface area contributed by atoms with E-state index in [0.29, 0.717) is 58.0 Å². The van der Waals surface area contributed by atoms with Crippen LogP contribution in [0.1, 0.15) is 117 Å². The summed E-state index contributed by atoms with van der Waals surface area (Å²) in [6.07, 6.45) is 12.1. The van der Waals surface area contributed by atoms with Crippen molar-refractivity contribution in [3.63, 3.8) is 0 Å². The Kier molecular flexibility index (Phi) is 40.6. The van der Waals surface area contributed by atoms with Gasteiger partial charge in [-0.05, 0) is 38.5 Å². The van der Waals surface area contributed by atoms with Crippen molar-refractivity contribution >= 4 is 65.2 Å². The first kappa shape index (κ1) is 52.7. The van der Waals surface area contributed by atoms with Crippen LogP contribution in [-0.4, -0.2) is 84.3 Å². The van der Waals surface area contributed by atoms with Gasteiger partial charge in [0.1, 0.15) is 11.8 Å². The Hall–Kier alpha value is -3.11. The SMILES string of the molecule is [B]NC(=O)[CH-]CCCCNC(=O)CCCCCNC(=O)[C@H](CCCCC)NC(=O)CCCCC(=O)C(C)C.[B]NC([CH2-])=O.[B]NC([CH2-])=O.[Li+]. The monoisotopic (exact) mass is 676 g/mol. The van der Waals surface area contributed by atoms with E-state index in [1.54, 1.807) is 10.5 Å². The van der Waals surface area contributed by atoms with Crippen LogP contribution in [0.5, 0.6) is 0 Å². The van der Waals surface area contributed by atoms with Gasteiger partial charge in [-0.25, -0.2) is 0 Å². The maximum atomic E-state index is 12.7. The molecule has 0 aliphatic heterocycles. The molecule has 0 fully saturated rings. The van der Waals surface area contributed by atoms with Crippen molar-refractivity contribution in [3.05, 3.63) is 20.3 Å². The molecule has 0 rings (SSSR count). The van der Waals surface area contributed by atoms with Gasteiger partial charge in [-0.2, -0.15) is 6.42 Å². The van der Waals surface area contributed by atoms with Gasteiger partial charge in [0.05, 0.1) is 17.7 Å². The van der Waals surface area contributed by atoms with E-state index in [0.717, 1.165) is 51.4 Å². The minimum atomic E-state index is -0.542. The number of amides is 6. The van der Waals surface area contributed by atoms with Crippen LogP contribution in [0.2, 0.25) is 0 Å². The maximum absolute atomic E-state index is 12.7.